The summed E-state index contributed by atoms with van der Waals surface area (Å²) in [6, 6.07) is 21.4. The summed E-state index contributed by atoms with van der Waals surface area (Å²) in [5, 5.41) is 0. The molecule has 24 heavy (non-hydrogen) atoms. The molecule has 1 heterocycles. The molecule has 4 heteroatoms. The van der Waals surface area contributed by atoms with Gasteiger partial charge in [-0.2, -0.15) is 0 Å². The Kier molecular flexibility index (Phi) is 4.57. The Labute approximate surface area is 141 Å². The highest BCUT2D eigenvalue weighted by Gasteiger charge is 2.09. The van der Waals surface area contributed by atoms with Gasteiger partial charge in [0, 0.05) is 11.3 Å². The molecule has 0 saturated carbocycles. The number of amides is 1. The molecular formula is C20H19N3O. The molecule has 120 valence electrons. The first-order valence-corrected chi connectivity index (χ1v) is 7.83. The predicted octanol–water partition coefficient (Wildman–Crippen LogP) is 3.21. The minimum absolute atomic E-state index is 0.406. The number of carbonyl (C=O) groups excluding carboxylic acids is 1. The lowest BCUT2D eigenvalue weighted by atomic mass is 9.99. The SMILES string of the molecule is NC(=O)c1ccccc1CCc1cc(-c2ccccc2)cc(N)n1. The Bertz CT molecular complexity index is 860. The van der Waals surface area contributed by atoms with E-state index in [-0.39, 0.29) is 0 Å². The Balaban J connectivity index is 1.84. The second-order valence-electron chi connectivity index (χ2n) is 5.66. The number of nitrogen functional groups attached to an aromatic ring is 1. The molecule has 0 radical (unpaired) electrons. The van der Waals surface area contributed by atoms with Crippen molar-refractivity contribution in [1.82, 2.24) is 4.98 Å². The number of benzene rings is 2. The number of hydrogen-bond donors (Lipinski definition) is 2. The number of hydrogen-bond acceptors (Lipinski definition) is 3. The Morgan fingerprint density at radius 2 is 1.58 bits per heavy atom. The van der Waals surface area contributed by atoms with Gasteiger partial charge in [0.05, 0.1) is 0 Å². The summed E-state index contributed by atoms with van der Waals surface area (Å²) in [7, 11) is 0. The van der Waals surface area contributed by atoms with Crippen LogP contribution in [0.15, 0.2) is 66.7 Å². The van der Waals surface area contributed by atoms with Gasteiger partial charge in [0.2, 0.25) is 5.91 Å². The fraction of sp³-hybridized carbons (Fsp3) is 0.100. The van der Waals surface area contributed by atoms with Crippen molar-refractivity contribution in [3.8, 4) is 11.1 Å². The van der Waals surface area contributed by atoms with Gasteiger partial charge in [-0.1, -0.05) is 48.5 Å². The normalized spacial score (nSPS) is 10.5. The van der Waals surface area contributed by atoms with E-state index in [1.807, 2.05) is 60.7 Å². The molecule has 0 aliphatic carbocycles. The summed E-state index contributed by atoms with van der Waals surface area (Å²) in [4.78, 5) is 15.9. The number of nitrogens with two attached hydrogens (primary N) is 2. The van der Waals surface area contributed by atoms with Crippen molar-refractivity contribution in [2.75, 3.05) is 5.73 Å². The van der Waals surface area contributed by atoms with Crippen molar-refractivity contribution in [2.24, 2.45) is 5.73 Å². The maximum Gasteiger partial charge on any atom is 0.248 e. The van der Waals surface area contributed by atoms with Crippen molar-refractivity contribution in [2.45, 2.75) is 12.8 Å². The smallest absolute Gasteiger partial charge is 0.248 e. The molecule has 0 spiro atoms. The van der Waals surface area contributed by atoms with E-state index in [0.29, 0.717) is 24.2 Å². The zero-order valence-corrected chi connectivity index (χ0v) is 13.3. The Hall–Kier alpha value is -3.14. The number of rotatable bonds is 5. The van der Waals surface area contributed by atoms with E-state index >= 15 is 0 Å². The molecular weight excluding hydrogens is 298 g/mol. The molecule has 3 rings (SSSR count). The van der Waals surface area contributed by atoms with Gasteiger partial charge in [-0.15, -0.1) is 0 Å². The highest BCUT2D eigenvalue weighted by molar-refractivity contribution is 5.94. The molecule has 2 aromatic carbocycles. The number of pyridine rings is 1. The van der Waals surface area contributed by atoms with Crippen LogP contribution in [0.25, 0.3) is 11.1 Å². The summed E-state index contributed by atoms with van der Waals surface area (Å²) in [6.07, 6.45) is 1.37. The number of anilines is 1. The van der Waals surface area contributed by atoms with E-state index in [4.69, 9.17) is 11.5 Å². The molecule has 1 aromatic heterocycles. The number of aryl methyl sites for hydroxylation is 2. The first-order chi connectivity index (χ1) is 11.6. The van der Waals surface area contributed by atoms with Crippen LogP contribution in [0.2, 0.25) is 0 Å². The minimum Gasteiger partial charge on any atom is -0.384 e. The van der Waals surface area contributed by atoms with Crippen LogP contribution in [0, 0.1) is 0 Å². The van der Waals surface area contributed by atoms with Gasteiger partial charge in [-0.3, -0.25) is 4.79 Å². The number of nitrogens with zero attached hydrogens (tertiary/aromatic N) is 1. The van der Waals surface area contributed by atoms with Crippen LogP contribution in [0.5, 0.6) is 0 Å². The quantitative estimate of drug-likeness (QED) is 0.758. The number of aromatic nitrogens is 1. The Morgan fingerprint density at radius 1 is 0.875 bits per heavy atom. The van der Waals surface area contributed by atoms with Crippen LogP contribution in [-0.4, -0.2) is 10.9 Å². The standard InChI is InChI=1S/C20H19N3O/c21-19-13-16(14-6-2-1-3-7-14)12-17(23-19)11-10-15-8-4-5-9-18(15)20(22)24/h1-9,12-13H,10-11H2,(H2,21,23)(H2,22,24). The van der Waals surface area contributed by atoms with Gasteiger partial charge in [0.25, 0.3) is 0 Å². The zero-order valence-electron chi connectivity index (χ0n) is 13.3. The molecule has 0 aliphatic rings. The van der Waals surface area contributed by atoms with Crippen molar-refractivity contribution in [3.63, 3.8) is 0 Å². The predicted molar refractivity (Wildman–Crippen MR) is 96.5 cm³/mol. The average Bonchev–Trinajstić information content (AvgIpc) is 2.60. The van der Waals surface area contributed by atoms with Gasteiger partial charge < -0.3 is 11.5 Å². The summed E-state index contributed by atoms with van der Waals surface area (Å²) in [6.45, 7) is 0. The van der Waals surface area contributed by atoms with Crippen molar-refractivity contribution >= 4 is 11.7 Å². The summed E-state index contributed by atoms with van der Waals surface area (Å²) < 4.78 is 0. The minimum atomic E-state index is -0.406. The highest BCUT2D eigenvalue weighted by atomic mass is 16.1. The molecule has 0 atom stereocenters. The van der Waals surface area contributed by atoms with E-state index in [0.717, 1.165) is 22.4 Å². The van der Waals surface area contributed by atoms with Crippen molar-refractivity contribution in [3.05, 3.63) is 83.6 Å². The number of carbonyl (C=O) groups is 1. The van der Waals surface area contributed by atoms with Crippen molar-refractivity contribution < 1.29 is 4.79 Å². The van der Waals surface area contributed by atoms with Crippen LogP contribution >= 0.6 is 0 Å². The van der Waals surface area contributed by atoms with Crippen LogP contribution in [0.4, 0.5) is 5.82 Å². The maximum atomic E-state index is 11.5. The number of primary amides is 1. The molecule has 4 N–H and O–H groups in total. The van der Waals surface area contributed by atoms with Gasteiger partial charge in [0.1, 0.15) is 5.82 Å². The molecule has 1 amide bonds. The molecule has 0 bridgehead atoms. The lowest BCUT2D eigenvalue weighted by Gasteiger charge is -2.09. The lowest BCUT2D eigenvalue weighted by Crippen LogP contribution is -2.14. The summed E-state index contributed by atoms with van der Waals surface area (Å²) >= 11 is 0. The monoisotopic (exact) mass is 317 g/mol. The molecule has 0 saturated heterocycles. The van der Waals surface area contributed by atoms with Crippen LogP contribution in [-0.2, 0) is 12.8 Å². The van der Waals surface area contributed by atoms with E-state index in [1.165, 1.54) is 0 Å². The fourth-order valence-electron chi connectivity index (χ4n) is 2.78. The summed E-state index contributed by atoms with van der Waals surface area (Å²) in [5.41, 5.74) is 15.9. The van der Waals surface area contributed by atoms with Gasteiger partial charge >= 0.3 is 0 Å². The first-order valence-electron chi connectivity index (χ1n) is 7.83. The maximum absolute atomic E-state index is 11.5. The molecule has 3 aromatic rings. The molecule has 0 aliphatic heterocycles. The largest absolute Gasteiger partial charge is 0.384 e. The topological polar surface area (TPSA) is 82.0 Å². The third-order valence-electron chi connectivity index (χ3n) is 3.94. The highest BCUT2D eigenvalue weighted by Crippen LogP contribution is 2.22. The first kappa shape index (κ1) is 15.7. The molecule has 0 unspecified atom stereocenters. The van der Waals surface area contributed by atoms with Crippen LogP contribution in [0.3, 0.4) is 0 Å². The fourth-order valence-corrected chi connectivity index (χ4v) is 2.78. The molecule has 4 nitrogen and oxygen atoms in total. The van der Waals surface area contributed by atoms with Crippen LogP contribution in [0.1, 0.15) is 21.6 Å². The van der Waals surface area contributed by atoms with E-state index < -0.39 is 5.91 Å². The summed E-state index contributed by atoms with van der Waals surface area (Å²) in [5.74, 6) is 0.0886. The third-order valence-corrected chi connectivity index (χ3v) is 3.94. The van der Waals surface area contributed by atoms with Gasteiger partial charge in [-0.05, 0) is 47.7 Å². The third kappa shape index (κ3) is 3.60. The van der Waals surface area contributed by atoms with E-state index in [1.54, 1.807) is 6.07 Å². The van der Waals surface area contributed by atoms with Gasteiger partial charge in [-0.25, -0.2) is 4.98 Å². The van der Waals surface area contributed by atoms with E-state index in [2.05, 4.69) is 4.98 Å². The second-order valence-corrected chi connectivity index (χ2v) is 5.66. The zero-order chi connectivity index (χ0) is 16.9. The molecule has 0 fully saturated rings. The van der Waals surface area contributed by atoms with Gasteiger partial charge in [0.15, 0.2) is 0 Å². The Morgan fingerprint density at radius 3 is 2.33 bits per heavy atom. The lowest BCUT2D eigenvalue weighted by molar-refractivity contribution is 0.0999. The second kappa shape index (κ2) is 6.96. The average molecular weight is 317 g/mol. The van der Waals surface area contributed by atoms with Crippen LogP contribution < -0.4 is 11.5 Å². The van der Waals surface area contributed by atoms with E-state index in [9.17, 15) is 4.79 Å². The van der Waals surface area contributed by atoms with Crippen molar-refractivity contribution in [1.29, 1.82) is 0 Å².